The fourth-order valence-electron chi connectivity index (χ4n) is 2.69. The molecule has 7 nitrogen and oxygen atoms in total. The molecule has 0 aliphatic carbocycles. The molecule has 0 saturated heterocycles. The highest BCUT2D eigenvalue weighted by atomic mass is 35.5. The highest BCUT2D eigenvalue weighted by molar-refractivity contribution is 7.13. The molecule has 0 atom stereocenters. The fraction of sp³-hybridized carbons (Fsp3) is 0. The van der Waals surface area contributed by atoms with E-state index in [1.54, 1.807) is 16.0 Å². The van der Waals surface area contributed by atoms with E-state index in [4.69, 9.17) is 40.5 Å². The van der Waals surface area contributed by atoms with Crippen molar-refractivity contribution >= 4 is 63.9 Å². The van der Waals surface area contributed by atoms with Crippen LogP contribution in [0.1, 0.15) is 16.1 Å². The predicted molar refractivity (Wildman–Crippen MR) is 126 cm³/mol. The highest BCUT2D eigenvalue weighted by Crippen LogP contribution is 2.34. The summed E-state index contributed by atoms with van der Waals surface area (Å²) in [5, 5.41) is 10.4. The van der Waals surface area contributed by atoms with Crippen LogP contribution in [-0.4, -0.2) is 26.9 Å². The van der Waals surface area contributed by atoms with Crippen molar-refractivity contribution in [3.8, 4) is 16.3 Å². The molecule has 0 fully saturated rings. The maximum atomic E-state index is 12.5. The third-order valence-electron chi connectivity index (χ3n) is 4.17. The minimum atomic E-state index is -0.681. The number of pyridine rings is 1. The van der Waals surface area contributed by atoms with E-state index in [2.05, 4.69) is 20.6 Å². The van der Waals surface area contributed by atoms with E-state index >= 15 is 0 Å². The molecular formula is C20H13Cl3N6OS. The van der Waals surface area contributed by atoms with Crippen LogP contribution in [0.15, 0.2) is 59.1 Å². The van der Waals surface area contributed by atoms with Crippen LogP contribution in [0.4, 0.5) is 5.69 Å². The number of benzene rings is 1. The van der Waals surface area contributed by atoms with Crippen LogP contribution in [-0.2, 0) is 0 Å². The van der Waals surface area contributed by atoms with Gasteiger partial charge in [-0.1, -0.05) is 59.1 Å². The molecule has 1 amide bonds. The Bertz CT molecular complexity index is 1270. The Hall–Kier alpha value is -2.91. The monoisotopic (exact) mass is 490 g/mol. The minimum absolute atomic E-state index is 0.0133. The predicted octanol–water partition coefficient (Wildman–Crippen LogP) is 5.30. The van der Waals surface area contributed by atoms with Gasteiger partial charge in [-0.15, -0.1) is 11.3 Å². The summed E-state index contributed by atoms with van der Waals surface area (Å²) in [7, 11) is 0. The van der Waals surface area contributed by atoms with Crippen LogP contribution < -0.4 is 11.2 Å². The Morgan fingerprint density at radius 3 is 2.61 bits per heavy atom. The summed E-state index contributed by atoms with van der Waals surface area (Å²) in [4.78, 5) is 17.3. The second kappa shape index (κ2) is 9.07. The van der Waals surface area contributed by atoms with Gasteiger partial charge in [0, 0.05) is 11.8 Å². The van der Waals surface area contributed by atoms with Gasteiger partial charge in [0.15, 0.2) is 10.8 Å². The first kappa shape index (κ1) is 21.3. The number of nitrogens with two attached hydrogens (primary N) is 1. The zero-order chi connectivity index (χ0) is 22.0. The van der Waals surface area contributed by atoms with Crippen LogP contribution in [0.25, 0.3) is 16.3 Å². The summed E-state index contributed by atoms with van der Waals surface area (Å²) in [6.45, 7) is 0. The largest absolute Gasteiger partial charge is 0.396 e. The van der Waals surface area contributed by atoms with Crippen LogP contribution >= 0.6 is 46.1 Å². The van der Waals surface area contributed by atoms with Crippen LogP contribution in [0.3, 0.4) is 0 Å². The van der Waals surface area contributed by atoms with Crippen molar-refractivity contribution in [3.05, 3.63) is 80.5 Å². The van der Waals surface area contributed by atoms with Crippen molar-refractivity contribution in [2.75, 3.05) is 5.73 Å². The second-order valence-corrected chi connectivity index (χ2v) is 8.24. The Labute approximate surface area is 196 Å². The molecule has 4 rings (SSSR count). The van der Waals surface area contributed by atoms with Crippen molar-refractivity contribution in [3.63, 3.8) is 0 Å². The lowest BCUT2D eigenvalue weighted by atomic mass is 10.2. The van der Waals surface area contributed by atoms with Crippen molar-refractivity contribution < 1.29 is 4.79 Å². The van der Waals surface area contributed by atoms with E-state index < -0.39 is 5.91 Å². The number of para-hydroxylation sites is 1. The zero-order valence-electron chi connectivity index (χ0n) is 15.6. The van der Waals surface area contributed by atoms with E-state index in [1.807, 2.05) is 54.0 Å². The molecule has 0 saturated carbocycles. The van der Waals surface area contributed by atoms with Crippen molar-refractivity contribution in [1.82, 2.24) is 20.2 Å². The molecule has 31 heavy (non-hydrogen) atoms. The summed E-state index contributed by atoms with van der Waals surface area (Å²) in [6, 6.07) is 13.6. The standard InChI is InChI=1S/C20H13Cl3N6OS/c21-14-16(24)15(22)19(23)26-18(14)20(30)27-25-9-11-10-29(12-5-2-1-3-6-12)28-17(11)13-7-4-8-31-13/h1-10H,(H2,24,26)(H,27,30). The van der Waals surface area contributed by atoms with Gasteiger partial charge in [0.25, 0.3) is 5.91 Å². The molecule has 0 bridgehead atoms. The molecule has 4 aromatic rings. The average Bonchev–Trinajstić information content (AvgIpc) is 3.45. The van der Waals surface area contributed by atoms with E-state index in [9.17, 15) is 4.79 Å². The quantitative estimate of drug-likeness (QED) is 0.225. The second-order valence-electron chi connectivity index (χ2n) is 6.18. The number of rotatable bonds is 5. The smallest absolute Gasteiger partial charge is 0.291 e. The first-order valence-electron chi connectivity index (χ1n) is 8.78. The SMILES string of the molecule is Nc1c(Cl)c(Cl)nc(C(=O)NN=Cc2cn(-c3ccccc3)nc2-c2cccs2)c1Cl. The summed E-state index contributed by atoms with van der Waals surface area (Å²) < 4.78 is 1.75. The number of nitrogens with one attached hydrogen (secondary N) is 1. The number of anilines is 1. The van der Waals surface area contributed by atoms with E-state index in [0.717, 1.165) is 16.3 Å². The van der Waals surface area contributed by atoms with Gasteiger partial charge in [-0.3, -0.25) is 4.79 Å². The number of thiophene rings is 1. The van der Waals surface area contributed by atoms with Gasteiger partial charge in [0.1, 0.15) is 10.7 Å². The molecule has 0 aliphatic heterocycles. The lowest BCUT2D eigenvalue weighted by Gasteiger charge is -2.07. The molecular weight excluding hydrogens is 479 g/mol. The number of nitrogen functional groups attached to an aromatic ring is 1. The van der Waals surface area contributed by atoms with Crippen molar-refractivity contribution in [1.29, 1.82) is 0 Å². The van der Waals surface area contributed by atoms with Gasteiger partial charge in [-0.25, -0.2) is 15.1 Å². The normalized spacial score (nSPS) is 11.2. The maximum absolute atomic E-state index is 12.5. The number of amides is 1. The van der Waals surface area contributed by atoms with Gasteiger partial charge in [0.05, 0.1) is 27.5 Å². The number of carbonyl (C=O) groups is 1. The lowest BCUT2D eigenvalue weighted by molar-refractivity contribution is 0.0950. The Balaban J connectivity index is 1.62. The summed E-state index contributed by atoms with van der Waals surface area (Å²) in [6.07, 6.45) is 3.32. The maximum Gasteiger partial charge on any atom is 0.291 e. The van der Waals surface area contributed by atoms with Gasteiger partial charge in [-0.05, 0) is 23.6 Å². The molecule has 156 valence electrons. The first-order chi connectivity index (χ1) is 15.0. The molecule has 0 aliphatic rings. The lowest BCUT2D eigenvalue weighted by Crippen LogP contribution is -2.20. The van der Waals surface area contributed by atoms with Crippen molar-refractivity contribution in [2.24, 2.45) is 5.10 Å². The van der Waals surface area contributed by atoms with Gasteiger partial charge in [0.2, 0.25) is 0 Å². The van der Waals surface area contributed by atoms with E-state index in [-0.39, 0.29) is 26.6 Å². The molecule has 3 heterocycles. The Kier molecular flexibility index (Phi) is 6.24. The Morgan fingerprint density at radius 2 is 1.90 bits per heavy atom. The molecule has 11 heteroatoms. The Morgan fingerprint density at radius 1 is 1.13 bits per heavy atom. The molecule has 0 unspecified atom stereocenters. The summed E-state index contributed by atoms with van der Waals surface area (Å²) >= 11 is 19.4. The number of halogens is 3. The minimum Gasteiger partial charge on any atom is -0.396 e. The van der Waals surface area contributed by atoms with Gasteiger partial charge < -0.3 is 5.73 Å². The van der Waals surface area contributed by atoms with E-state index in [0.29, 0.717) is 5.56 Å². The van der Waals surface area contributed by atoms with Crippen LogP contribution in [0, 0.1) is 0 Å². The van der Waals surface area contributed by atoms with E-state index in [1.165, 1.54) is 6.21 Å². The summed E-state index contributed by atoms with van der Waals surface area (Å²) in [5.41, 5.74) is 10.3. The van der Waals surface area contributed by atoms with Gasteiger partial charge >= 0.3 is 0 Å². The number of nitrogens with zero attached hydrogens (tertiary/aromatic N) is 4. The van der Waals surface area contributed by atoms with Gasteiger partial charge in [-0.2, -0.15) is 10.2 Å². The number of hydrogen-bond donors (Lipinski definition) is 2. The fourth-order valence-corrected chi connectivity index (χ4v) is 4.02. The number of carbonyl (C=O) groups excluding carboxylic acids is 1. The summed E-state index contributed by atoms with van der Waals surface area (Å²) in [5.74, 6) is -0.681. The zero-order valence-corrected chi connectivity index (χ0v) is 18.7. The number of hydrazone groups is 1. The molecule has 3 aromatic heterocycles. The first-order valence-corrected chi connectivity index (χ1v) is 10.8. The molecule has 1 aromatic carbocycles. The molecule has 3 N–H and O–H groups in total. The molecule has 0 spiro atoms. The van der Waals surface area contributed by atoms with Crippen molar-refractivity contribution in [2.45, 2.75) is 0 Å². The topological polar surface area (TPSA) is 98.2 Å². The number of hydrogen-bond acceptors (Lipinski definition) is 6. The molecule has 0 radical (unpaired) electrons. The third-order valence-corrected chi connectivity index (χ3v) is 6.19. The third kappa shape index (κ3) is 4.42. The van der Waals surface area contributed by atoms with Crippen LogP contribution in [0.5, 0.6) is 0 Å². The number of aromatic nitrogens is 3. The highest BCUT2D eigenvalue weighted by Gasteiger charge is 2.19. The average molecular weight is 492 g/mol. The van der Waals surface area contributed by atoms with Crippen LogP contribution in [0.2, 0.25) is 15.2 Å².